The van der Waals surface area contributed by atoms with Crippen molar-refractivity contribution in [1.29, 1.82) is 0 Å². The number of aromatic nitrogens is 2. The molecular formula is C12H4F8N2O. The molecule has 0 aromatic carbocycles. The van der Waals surface area contributed by atoms with Gasteiger partial charge >= 0.3 is 12.4 Å². The molecule has 0 N–H and O–H groups in total. The van der Waals surface area contributed by atoms with Gasteiger partial charge in [0.15, 0.2) is 17.5 Å². The Kier molecular flexibility index (Phi) is 3.91. The van der Waals surface area contributed by atoms with Crippen LogP contribution in [0.3, 0.4) is 0 Å². The third-order valence-electron chi connectivity index (χ3n) is 2.68. The van der Waals surface area contributed by atoms with Gasteiger partial charge < -0.3 is 0 Å². The van der Waals surface area contributed by atoms with Crippen molar-refractivity contribution in [2.75, 3.05) is 0 Å². The van der Waals surface area contributed by atoms with Crippen LogP contribution in [-0.2, 0) is 12.4 Å². The number of pyridine rings is 2. The Balaban J connectivity index is 2.68. The molecule has 0 saturated heterocycles. The van der Waals surface area contributed by atoms with E-state index in [0.29, 0.717) is 0 Å². The number of halogens is 8. The minimum atomic E-state index is -5.06. The van der Waals surface area contributed by atoms with E-state index in [1.807, 2.05) is 0 Å². The summed E-state index contributed by atoms with van der Waals surface area (Å²) in [5.74, 6) is -4.78. The van der Waals surface area contributed by atoms with Crippen molar-refractivity contribution < 1.29 is 35.1 Å². The maximum atomic E-state index is 13.7. The minimum Gasteiger partial charge on any atom is -0.266 e. The Morgan fingerprint density at radius 1 is 0.870 bits per heavy atom. The van der Waals surface area contributed by atoms with Crippen LogP contribution in [0.5, 0.6) is 0 Å². The summed E-state index contributed by atoms with van der Waals surface area (Å²) in [6, 6.07) is -0.173. The molecule has 2 heterocycles. The maximum Gasteiger partial charge on any atom is 0.417 e. The lowest BCUT2D eigenvalue weighted by molar-refractivity contribution is -0.138. The predicted octanol–water partition coefficient (Wildman–Crippen LogP) is 3.55. The lowest BCUT2D eigenvalue weighted by Crippen LogP contribution is -2.25. The summed E-state index contributed by atoms with van der Waals surface area (Å²) in [6.45, 7) is 0. The average molecular weight is 344 g/mol. The molecule has 0 bridgehead atoms. The molecule has 0 saturated carbocycles. The first-order valence-electron chi connectivity index (χ1n) is 5.64. The number of alkyl halides is 6. The Morgan fingerprint density at radius 2 is 1.39 bits per heavy atom. The summed E-state index contributed by atoms with van der Waals surface area (Å²) in [7, 11) is 0. The van der Waals surface area contributed by atoms with Gasteiger partial charge in [-0.3, -0.25) is 9.36 Å². The van der Waals surface area contributed by atoms with Crippen LogP contribution >= 0.6 is 0 Å². The molecule has 2 aromatic rings. The van der Waals surface area contributed by atoms with Crippen LogP contribution in [0.25, 0.3) is 5.82 Å². The van der Waals surface area contributed by atoms with Crippen molar-refractivity contribution in [3.63, 3.8) is 0 Å². The molecule has 0 unspecified atom stereocenters. The van der Waals surface area contributed by atoms with Crippen LogP contribution in [0.4, 0.5) is 35.1 Å². The van der Waals surface area contributed by atoms with Gasteiger partial charge in [-0.2, -0.15) is 26.3 Å². The Bertz CT molecular complexity index is 806. The van der Waals surface area contributed by atoms with E-state index in [1.54, 1.807) is 0 Å². The summed E-state index contributed by atoms with van der Waals surface area (Å²) < 4.78 is 102. The van der Waals surface area contributed by atoms with E-state index in [1.165, 1.54) is 0 Å². The van der Waals surface area contributed by atoms with Gasteiger partial charge in [-0.15, -0.1) is 0 Å². The van der Waals surface area contributed by atoms with Crippen molar-refractivity contribution in [1.82, 2.24) is 9.55 Å². The summed E-state index contributed by atoms with van der Waals surface area (Å²) in [5, 5.41) is 0. The Labute approximate surface area is 121 Å². The van der Waals surface area contributed by atoms with Crippen LogP contribution in [-0.4, -0.2) is 9.55 Å². The van der Waals surface area contributed by atoms with Gasteiger partial charge in [0, 0.05) is 12.4 Å². The van der Waals surface area contributed by atoms with E-state index in [0.717, 1.165) is 0 Å². The van der Waals surface area contributed by atoms with Gasteiger partial charge in [0.2, 0.25) is 0 Å². The van der Waals surface area contributed by atoms with E-state index in [4.69, 9.17) is 0 Å². The average Bonchev–Trinajstić information content (AvgIpc) is 2.39. The highest BCUT2D eigenvalue weighted by Gasteiger charge is 2.34. The zero-order valence-corrected chi connectivity index (χ0v) is 10.6. The van der Waals surface area contributed by atoms with Crippen molar-refractivity contribution in [2.45, 2.75) is 12.4 Å². The molecule has 124 valence electrons. The van der Waals surface area contributed by atoms with Gasteiger partial charge in [0.05, 0.1) is 11.1 Å². The summed E-state index contributed by atoms with van der Waals surface area (Å²) in [6.07, 6.45) is -9.85. The summed E-state index contributed by atoms with van der Waals surface area (Å²) in [5.41, 5.74) is -4.83. The van der Waals surface area contributed by atoms with Gasteiger partial charge in [0.1, 0.15) is 0 Å². The Hall–Kier alpha value is -2.46. The van der Waals surface area contributed by atoms with Gasteiger partial charge in [0.25, 0.3) is 5.56 Å². The van der Waals surface area contributed by atoms with E-state index < -0.39 is 46.5 Å². The second-order valence-corrected chi connectivity index (χ2v) is 4.28. The highest BCUT2D eigenvalue weighted by molar-refractivity contribution is 5.31. The molecule has 2 aromatic heterocycles. The third-order valence-corrected chi connectivity index (χ3v) is 2.68. The molecule has 0 fully saturated rings. The lowest BCUT2D eigenvalue weighted by Gasteiger charge is -2.12. The first-order chi connectivity index (χ1) is 10.4. The number of rotatable bonds is 1. The van der Waals surface area contributed by atoms with E-state index >= 15 is 0 Å². The number of hydrogen-bond acceptors (Lipinski definition) is 2. The van der Waals surface area contributed by atoms with Crippen LogP contribution < -0.4 is 5.56 Å². The molecule has 11 heteroatoms. The van der Waals surface area contributed by atoms with E-state index in [9.17, 15) is 39.9 Å². The highest BCUT2D eigenvalue weighted by atomic mass is 19.4. The van der Waals surface area contributed by atoms with Gasteiger partial charge in [-0.25, -0.2) is 13.8 Å². The van der Waals surface area contributed by atoms with Crippen molar-refractivity contribution in [3.8, 4) is 5.82 Å². The quantitative estimate of drug-likeness (QED) is 0.742. The zero-order valence-electron chi connectivity index (χ0n) is 10.6. The fraction of sp³-hybridized carbons (Fsp3) is 0.167. The fourth-order valence-electron chi connectivity index (χ4n) is 1.62. The van der Waals surface area contributed by atoms with Crippen molar-refractivity contribution in [2.24, 2.45) is 0 Å². The molecule has 0 atom stereocenters. The van der Waals surface area contributed by atoms with Crippen LogP contribution in [0.1, 0.15) is 11.1 Å². The molecule has 0 aliphatic rings. The standard InChI is InChI=1S/C12H4F8N2O/c13-7-1-5(11(15,16)17)3-21-9(7)22-4-6(12(18,19)20)2-8(14)10(22)23/h1-4H. The summed E-state index contributed by atoms with van der Waals surface area (Å²) >= 11 is 0. The van der Waals surface area contributed by atoms with Gasteiger partial charge in [-0.05, 0) is 12.1 Å². The molecular weight excluding hydrogens is 340 g/mol. The second kappa shape index (κ2) is 5.32. The fourth-order valence-corrected chi connectivity index (χ4v) is 1.62. The molecule has 23 heavy (non-hydrogen) atoms. The molecule has 0 aliphatic carbocycles. The SMILES string of the molecule is O=c1c(F)cc(C(F)(F)F)cn1-c1ncc(C(F)(F)F)cc1F. The topological polar surface area (TPSA) is 34.9 Å². The first kappa shape index (κ1) is 16.9. The van der Waals surface area contributed by atoms with Crippen LogP contribution in [0, 0.1) is 11.6 Å². The first-order valence-corrected chi connectivity index (χ1v) is 5.64. The molecule has 0 amide bonds. The normalized spacial score (nSPS) is 12.5. The van der Waals surface area contributed by atoms with Crippen LogP contribution in [0.15, 0.2) is 29.3 Å². The maximum absolute atomic E-state index is 13.7. The molecule has 0 radical (unpaired) electrons. The molecule has 3 nitrogen and oxygen atoms in total. The number of hydrogen-bond donors (Lipinski definition) is 0. The molecule has 2 rings (SSSR count). The largest absolute Gasteiger partial charge is 0.417 e. The Morgan fingerprint density at radius 3 is 1.87 bits per heavy atom. The van der Waals surface area contributed by atoms with Crippen molar-refractivity contribution in [3.05, 3.63) is 57.6 Å². The van der Waals surface area contributed by atoms with Crippen LogP contribution in [0.2, 0.25) is 0 Å². The van der Waals surface area contributed by atoms with E-state index in [2.05, 4.69) is 4.98 Å². The van der Waals surface area contributed by atoms with Crippen molar-refractivity contribution >= 4 is 0 Å². The van der Waals surface area contributed by atoms with Gasteiger partial charge in [-0.1, -0.05) is 0 Å². The predicted molar refractivity (Wildman–Crippen MR) is 59.8 cm³/mol. The third kappa shape index (κ3) is 3.32. The van der Waals surface area contributed by atoms with E-state index in [-0.39, 0.29) is 29.1 Å². The summed E-state index contributed by atoms with van der Waals surface area (Å²) in [4.78, 5) is 14.4. The molecule has 0 spiro atoms. The monoisotopic (exact) mass is 344 g/mol. The number of nitrogens with zero attached hydrogens (tertiary/aromatic N) is 2. The zero-order chi connectivity index (χ0) is 17.6. The molecule has 0 aliphatic heterocycles. The lowest BCUT2D eigenvalue weighted by atomic mass is 10.2. The highest BCUT2D eigenvalue weighted by Crippen LogP contribution is 2.31. The second-order valence-electron chi connectivity index (χ2n) is 4.28. The smallest absolute Gasteiger partial charge is 0.266 e. The minimum absolute atomic E-state index is 0.0457.